The number of nitrogens with one attached hydrogen (secondary N) is 2. The molecule has 0 radical (unpaired) electrons. The number of ether oxygens (including phenoxy) is 3. The van der Waals surface area contributed by atoms with Crippen LogP contribution < -0.4 is 20.2 Å². The smallest absolute Gasteiger partial charge is 0.343 e. The fraction of sp³-hybridized carbons (Fsp3) is 0.276. The second-order valence-corrected chi connectivity index (χ2v) is 10.0. The minimum Gasteiger partial charge on any atom is -0.493 e. The number of hydrazone groups is 1. The van der Waals surface area contributed by atoms with Gasteiger partial charge >= 0.3 is 23.8 Å². The molecule has 0 saturated carbocycles. The Labute approximate surface area is 235 Å². The van der Waals surface area contributed by atoms with E-state index in [1.165, 1.54) is 24.7 Å². The van der Waals surface area contributed by atoms with Crippen LogP contribution >= 0.6 is 11.3 Å². The Bertz CT molecular complexity index is 1480. The minimum atomic E-state index is -1.01. The number of aryl methyl sites for hydroxylation is 2. The summed E-state index contributed by atoms with van der Waals surface area (Å²) in [5.74, 6) is -2.51. The van der Waals surface area contributed by atoms with Crippen molar-refractivity contribution in [2.45, 2.75) is 39.5 Å². The summed E-state index contributed by atoms with van der Waals surface area (Å²) in [6.45, 7) is 3.73. The van der Waals surface area contributed by atoms with E-state index in [2.05, 4.69) is 15.8 Å². The monoisotopic (exact) mass is 563 g/mol. The van der Waals surface area contributed by atoms with Crippen LogP contribution in [0.1, 0.15) is 62.0 Å². The van der Waals surface area contributed by atoms with Crippen molar-refractivity contribution < 1.29 is 33.4 Å². The number of nitrogens with zero attached hydrogens (tertiary/aromatic N) is 1. The predicted molar refractivity (Wildman–Crippen MR) is 150 cm³/mol. The Morgan fingerprint density at radius 3 is 2.52 bits per heavy atom. The lowest BCUT2D eigenvalue weighted by atomic mass is 9.95. The van der Waals surface area contributed by atoms with Crippen LogP contribution in [0.15, 0.2) is 47.6 Å². The summed E-state index contributed by atoms with van der Waals surface area (Å²) < 4.78 is 16.0. The van der Waals surface area contributed by atoms with Gasteiger partial charge in [-0.2, -0.15) is 5.10 Å². The van der Waals surface area contributed by atoms with Crippen molar-refractivity contribution in [1.82, 2.24) is 5.43 Å². The highest BCUT2D eigenvalue weighted by Gasteiger charge is 2.28. The molecule has 4 rings (SSSR count). The van der Waals surface area contributed by atoms with E-state index in [-0.39, 0.29) is 18.1 Å². The molecule has 2 N–H and O–H groups in total. The molecular weight excluding hydrogens is 534 g/mol. The Morgan fingerprint density at radius 1 is 1.00 bits per heavy atom. The zero-order valence-corrected chi connectivity index (χ0v) is 23.2. The Balaban J connectivity index is 1.40. The van der Waals surface area contributed by atoms with E-state index in [0.29, 0.717) is 21.7 Å². The topological polar surface area (TPSA) is 132 Å². The van der Waals surface area contributed by atoms with Crippen LogP contribution in [0.5, 0.6) is 11.5 Å². The highest BCUT2D eigenvalue weighted by atomic mass is 32.1. The summed E-state index contributed by atoms with van der Waals surface area (Å²) in [5, 5.41) is 6.69. The third-order valence-electron chi connectivity index (χ3n) is 6.22. The van der Waals surface area contributed by atoms with Gasteiger partial charge in [0.05, 0.1) is 31.1 Å². The number of hydrogen-bond donors (Lipinski definition) is 2. The van der Waals surface area contributed by atoms with Gasteiger partial charge in [-0.3, -0.25) is 9.59 Å². The highest BCUT2D eigenvalue weighted by molar-refractivity contribution is 7.17. The normalized spacial score (nSPS) is 12.4. The number of benzene rings is 2. The molecule has 0 bridgehead atoms. The number of thiophene rings is 1. The average molecular weight is 564 g/mol. The van der Waals surface area contributed by atoms with E-state index in [4.69, 9.17) is 14.2 Å². The largest absolute Gasteiger partial charge is 0.493 e. The molecule has 11 heteroatoms. The van der Waals surface area contributed by atoms with Crippen LogP contribution in [0.25, 0.3) is 0 Å². The van der Waals surface area contributed by atoms with E-state index in [0.717, 1.165) is 41.7 Å². The number of esters is 2. The molecule has 0 fully saturated rings. The first-order valence-electron chi connectivity index (χ1n) is 12.7. The second-order valence-electron chi connectivity index (χ2n) is 8.90. The Morgan fingerprint density at radius 2 is 1.77 bits per heavy atom. The van der Waals surface area contributed by atoms with Gasteiger partial charge in [0.1, 0.15) is 5.00 Å². The lowest BCUT2D eigenvalue weighted by Crippen LogP contribution is -2.32. The summed E-state index contributed by atoms with van der Waals surface area (Å²) in [5.41, 5.74) is 5.12. The van der Waals surface area contributed by atoms with Crippen molar-refractivity contribution in [3.8, 4) is 11.5 Å². The van der Waals surface area contributed by atoms with Crippen molar-refractivity contribution >= 4 is 46.3 Å². The maximum Gasteiger partial charge on any atom is 0.343 e. The molecule has 2 aromatic carbocycles. The lowest BCUT2D eigenvalue weighted by Gasteiger charge is -2.12. The molecule has 208 valence electrons. The third-order valence-corrected chi connectivity index (χ3v) is 7.43. The summed E-state index contributed by atoms with van der Waals surface area (Å²) in [7, 11) is 1.43. The van der Waals surface area contributed by atoms with Crippen molar-refractivity contribution in [2.75, 3.05) is 19.0 Å². The zero-order chi connectivity index (χ0) is 28.6. The number of hydrogen-bond acceptors (Lipinski definition) is 9. The first kappa shape index (κ1) is 28.5. The van der Waals surface area contributed by atoms with Crippen molar-refractivity contribution in [2.24, 2.45) is 5.10 Å². The third kappa shape index (κ3) is 6.55. The molecule has 1 aromatic heterocycles. The quantitative estimate of drug-likeness (QED) is 0.136. The number of amides is 2. The number of rotatable bonds is 8. The van der Waals surface area contributed by atoms with Gasteiger partial charge in [-0.25, -0.2) is 15.0 Å². The minimum absolute atomic E-state index is 0.201. The van der Waals surface area contributed by atoms with Crippen LogP contribution in [-0.4, -0.2) is 43.7 Å². The van der Waals surface area contributed by atoms with Gasteiger partial charge in [0.15, 0.2) is 11.5 Å². The van der Waals surface area contributed by atoms with E-state index >= 15 is 0 Å². The van der Waals surface area contributed by atoms with Gasteiger partial charge < -0.3 is 19.5 Å². The van der Waals surface area contributed by atoms with Crippen LogP contribution in [0.4, 0.5) is 5.00 Å². The number of anilines is 1. The SMILES string of the molecule is CCOC(=O)c1c(NC(=O)C(=O)NN=Cc2ccc(OC(=O)c3ccccc3C)c(OC)c2)sc2c1CCCC2. The zero-order valence-electron chi connectivity index (χ0n) is 22.4. The Hall–Kier alpha value is -4.51. The van der Waals surface area contributed by atoms with E-state index in [1.54, 1.807) is 37.3 Å². The molecule has 1 aliphatic carbocycles. The number of fused-ring (bicyclic) bond motifs is 1. The highest BCUT2D eigenvalue weighted by Crippen LogP contribution is 2.38. The van der Waals surface area contributed by atoms with Gasteiger partial charge in [0, 0.05) is 4.88 Å². The van der Waals surface area contributed by atoms with Crippen molar-refractivity contribution in [3.63, 3.8) is 0 Å². The molecular formula is C29H29N3O7S. The fourth-order valence-electron chi connectivity index (χ4n) is 4.25. The molecule has 0 aliphatic heterocycles. The summed E-state index contributed by atoms with van der Waals surface area (Å²) >= 11 is 1.29. The molecule has 1 heterocycles. The molecule has 3 aromatic rings. The van der Waals surface area contributed by atoms with E-state index < -0.39 is 23.8 Å². The van der Waals surface area contributed by atoms with Crippen molar-refractivity contribution in [1.29, 1.82) is 0 Å². The summed E-state index contributed by atoms with van der Waals surface area (Å²) in [4.78, 5) is 51.2. The van der Waals surface area contributed by atoms with Crippen molar-refractivity contribution in [3.05, 3.63) is 75.2 Å². The summed E-state index contributed by atoms with van der Waals surface area (Å²) in [6.07, 6.45) is 4.79. The van der Waals surface area contributed by atoms with E-state index in [1.807, 2.05) is 19.1 Å². The predicted octanol–water partition coefficient (Wildman–Crippen LogP) is 4.43. The first-order chi connectivity index (χ1) is 19.3. The number of carbonyl (C=O) groups excluding carboxylic acids is 4. The number of carbonyl (C=O) groups is 4. The van der Waals surface area contributed by atoms with Gasteiger partial charge in [0.25, 0.3) is 0 Å². The fourth-order valence-corrected chi connectivity index (χ4v) is 5.53. The molecule has 1 aliphatic rings. The van der Waals surface area contributed by atoms with Gasteiger partial charge in [-0.05, 0) is 80.5 Å². The molecule has 0 saturated heterocycles. The van der Waals surface area contributed by atoms with Crippen LogP contribution in [0.2, 0.25) is 0 Å². The average Bonchev–Trinajstić information content (AvgIpc) is 3.31. The second kappa shape index (κ2) is 13.0. The standard InChI is InChI=1S/C29H29N3O7S/c1-4-38-29(36)24-20-11-7-8-12-23(20)40-27(24)31-25(33)26(34)32-30-16-18-13-14-21(22(15-18)37-3)39-28(35)19-10-6-5-9-17(19)2/h5-6,9-10,13-16H,4,7-8,11-12H2,1-3H3,(H,31,33)(H,32,34). The maximum absolute atomic E-state index is 12.6. The van der Waals surface area contributed by atoms with Crippen LogP contribution in [-0.2, 0) is 27.2 Å². The van der Waals surface area contributed by atoms with Crippen LogP contribution in [0.3, 0.4) is 0 Å². The maximum atomic E-state index is 12.6. The molecule has 0 atom stereocenters. The molecule has 0 unspecified atom stereocenters. The molecule has 40 heavy (non-hydrogen) atoms. The van der Waals surface area contributed by atoms with Crippen LogP contribution in [0, 0.1) is 6.92 Å². The van der Waals surface area contributed by atoms with Gasteiger partial charge in [-0.15, -0.1) is 11.3 Å². The summed E-state index contributed by atoms with van der Waals surface area (Å²) in [6, 6.07) is 11.8. The van der Waals surface area contributed by atoms with Gasteiger partial charge in [0.2, 0.25) is 0 Å². The van der Waals surface area contributed by atoms with Gasteiger partial charge in [-0.1, -0.05) is 18.2 Å². The number of methoxy groups -OCH3 is 1. The van der Waals surface area contributed by atoms with E-state index in [9.17, 15) is 19.2 Å². The molecule has 2 amide bonds. The first-order valence-corrected chi connectivity index (χ1v) is 13.6. The lowest BCUT2D eigenvalue weighted by molar-refractivity contribution is -0.136. The molecule has 10 nitrogen and oxygen atoms in total. The molecule has 0 spiro atoms. The Kier molecular flexibility index (Phi) is 9.28.